The lowest BCUT2D eigenvalue weighted by molar-refractivity contribution is -0.0522. The van der Waals surface area contributed by atoms with Crippen molar-refractivity contribution in [2.24, 2.45) is 0 Å². The summed E-state index contributed by atoms with van der Waals surface area (Å²) in [4.78, 5) is 16.8. The van der Waals surface area contributed by atoms with Gasteiger partial charge in [0.15, 0.2) is 0 Å². The SMILES string of the molecule is CC1(c2cc(NC(=O)Nc3ccc(Oc4ccncc4)cc3)n(-c3ccc(O)c(Cl)c3)n2)COC1. The first-order valence-electron chi connectivity index (χ1n) is 10.8. The van der Waals surface area contributed by atoms with Crippen LogP contribution in [0.3, 0.4) is 0 Å². The lowest BCUT2D eigenvalue weighted by atomic mass is 9.85. The summed E-state index contributed by atoms with van der Waals surface area (Å²) in [7, 11) is 0. The zero-order chi connectivity index (χ0) is 24.4. The molecule has 0 unspecified atom stereocenters. The van der Waals surface area contributed by atoms with Gasteiger partial charge in [-0.1, -0.05) is 11.6 Å². The second kappa shape index (κ2) is 9.28. The highest BCUT2D eigenvalue weighted by Crippen LogP contribution is 2.34. The maximum absolute atomic E-state index is 12.8. The molecule has 2 aromatic heterocycles. The molecule has 1 saturated heterocycles. The highest BCUT2D eigenvalue weighted by atomic mass is 35.5. The molecule has 0 atom stereocenters. The Hall–Kier alpha value is -4.08. The molecule has 2 amide bonds. The first kappa shape index (κ1) is 22.7. The third kappa shape index (κ3) is 4.91. The van der Waals surface area contributed by atoms with Crippen LogP contribution in [-0.4, -0.2) is 39.1 Å². The molecule has 10 heteroatoms. The zero-order valence-corrected chi connectivity index (χ0v) is 19.5. The molecule has 0 saturated carbocycles. The molecule has 5 rings (SSSR count). The molecular formula is C25H22ClN5O4. The second-order valence-electron chi connectivity index (χ2n) is 8.40. The van der Waals surface area contributed by atoms with Crippen molar-refractivity contribution in [3.63, 3.8) is 0 Å². The summed E-state index contributed by atoms with van der Waals surface area (Å²) in [5, 5.41) is 20.3. The second-order valence-corrected chi connectivity index (χ2v) is 8.81. The lowest BCUT2D eigenvalue weighted by Crippen LogP contribution is -2.44. The minimum Gasteiger partial charge on any atom is -0.506 e. The van der Waals surface area contributed by atoms with E-state index in [2.05, 4.69) is 20.7 Å². The van der Waals surface area contributed by atoms with Gasteiger partial charge in [0.25, 0.3) is 0 Å². The summed E-state index contributed by atoms with van der Waals surface area (Å²) in [5.41, 5.74) is 1.71. The summed E-state index contributed by atoms with van der Waals surface area (Å²) in [6.07, 6.45) is 3.30. The molecular weight excluding hydrogens is 470 g/mol. The largest absolute Gasteiger partial charge is 0.506 e. The number of carbonyl (C=O) groups excluding carboxylic acids is 1. The molecule has 178 valence electrons. The smallest absolute Gasteiger partial charge is 0.324 e. The van der Waals surface area contributed by atoms with Gasteiger partial charge in [0.2, 0.25) is 0 Å². The molecule has 0 radical (unpaired) electrons. The van der Waals surface area contributed by atoms with Gasteiger partial charge in [0, 0.05) is 24.1 Å². The summed E-state index contributed by atoms with van der Waals surface area (Å²) < 4.78 is 12.7. The number of aromatic nitrogens is 3. The third-order valence-corrected chi connectivity index (χ3v) is 5.89. The van der Waals surface area contributed by atoms with Crippen molar-refractivity contribution >= 4 is 29.1 Å². The maximum Gasteiger partial charge on any atom is 0.324 e. The zero-order valence-electron chi connectivity index (χ0n) is 18.7. The van der Waals surface area contributed by atoms with Crippen LogP contribution in [-0.2, 0) is 10.2 Å². The number of carbonyl (C=O) groups is 1. The average molecular weight is 492 g/mol. The normalized spacial score (nSPS) is 14.1. The number of rotatable bonds is 6. The van der Waals surface area contributed by atoms with Gasteiger partial charge in [-0.2, -0.15) is 5.10 Å². The van der Waals surface area contributed by atoms with E-state index in [0.29, 0.717) is 41.9 Å². The lowest BCUT2D eigenvalue weighted by Gasteiger charge is -2.36. The molecule has 3 N–H and O–H groups in total. The van der Waals surface area contributed by atoms with Crippen molar-refractivity contribution in [2.45, 2.75) is 12.3 Å². The summed E-state index contributed by atoms with van der Waals surface area (Å²) in [6, 6.07) is 16.6. The van der Waals surface area contributed by atoms with E-state index >= 15 is 0 Å². The molecule has 0 spiro atoms. The number of hydrogen-bond acceptors (Lipinski definition) is 6. The Morgan fingerprint density at radius 2 is 1.77 bits per heavy atom. The predicted octanol–water partition coefficient (Wildman–Crippen LogP) is 5.35. The van der Waals surface area contributed by atoms with Crippen LogP contribution in [0.15, 0.2) is 73.1 Å². The van der Waals surface area contributed by atoms with Crippen LogP contribution < -0.4 is 15.4 Å². The Morgan fingerprint density at radius 1 is 1.06 bits per heavy atom. The number of nitrogens with one attached hydrogen (secondary N) is 2. The van der Waals surface area contributed by atoms with Crippen LogP contribution in [0.25, 0.3) is 5.69 Å². The van der Waals surface area contributed by atoms with Crippen LogP contribution in [0.2, 0.25) is 5.02 Å². The summed E-state index contributed by atoms with van der Waals surface area (Å²) >= 11 is 6.10. The molecule has 4 aromatic rings. The van der Waals surface area contributed by atoms with Crippen LogP contribution >= 0.6 is 11.6 Å². The molecule has 2 aromatic carbocycles. The molecule has 0 aliphatic carbocycles. The van der Waals surface area contributed by atoms with Gasteiger partial charge in [-0.05, 0) is 61.5 Å². The topological polar surface area (TPSA) is 111 Å². The number of urea groups is 1. The number of hydrogen-bond donors (Lipinski definition) is 3. The monoisotopic (exact) mass is 491 g/mol. The van der Waals surface area contributed by atoms with E-state index in [-0.39, 0.29) is 16.2 Å². The highest BCUT2D eigenvalue weighted by molar-refractivity contribution is 6.32. The maximum atomic E-state index is 12.8. The third-order valence-electron chi connectivity index (χ3n) is 5.58. The van der Waals surface area contributed by atoms with Gasteiger partial charge in [-0.3, -0.25) is 10.3 Å². The molecule has 3 heterocycles. The van der Waals surface area contributed by atoms with Gasteiger partial charge >= 0.3 is 6.03 Å². The molecule has 1 fully saturated rings. The Bertz CT molecular complexity index is 1350. The van der Waals surface area contributed by atoms with E-state index in [1.165, 1.54) is 6.07 Å². The number of phenols is 1. The van der Waals surface area contributed by atoms with Gasteiger partial charge < -0.3 is 19.9 Å². The van der Waals surface area contributed by atoms with E-state index in [4.69, 9.17) is 21.1 Å². The van der Waals surface area contributed by atoms with E-state index in [1.54, 1.807) is 65.6 Å². The molecule has 35 heavy (non-hydrogen) atoms. The average Bonchev–Trinajstić information content (AvgIpc) is 3.25. The van der Waals surface area contributed by atoms with Crippen molar-refractivity contribution in [1.29, 1.82) is 0 Å². The minimum absolute atomic E-state index is 0.0363. The Kier molecular flexibility index (Phi) is 6.02. The van der Waals surface area contributed by atoms with E-state index in [0.717, 1.165) is 5.69 Å². The highest BCUT2D eigenvalue weighted by Gasteiger charge is 2.38. The van der Waals surface area contributed by atoms with Gasteiger partial charge in [-0.15, -0.1) is 0 Å². The predicted molar refractivity (Wildman–Crippen MR) is 132 cm³/mol. The van der Waals surface area contributed by atoms with Crippen LogP contribution in [0, 0.1) is 0 Å². The number of anilines is 2. The van der Waals surface area contributed by atoms with Crippen LogP contribution in [0.1, 0.15) is 12.6 Å². The molecule has 1 aliphatic heterocycles. The van der Waals surface area contributed by atoms with Crippen molar-refractivity contribution in [3.05, 3.63) is 83.8 Å². The fourth-order valence-electron chi connectivity index (χ4n) is 3.57. The molecule has 0 bridgehead atoms. The number of ether oxygens (including phenoxy) is 2. The number of halogens is 1. The summed E-state index contributed by atoms with van der Waals surface area (Å²) in [5.74, 6) is 1.71. The van der Waals surface area contributed by atoms with E-state index in [1.807, 2.05) is 13.0 Å². The van der Waals surface area contributed by atoms with Crippen molar-refractivity contribution in [3.8, 4) is 22.9 Å². The Labute approximate surface area is 206 Å². The van der Waals surface area contributed by atoms with Crippen molar-refractivity contribution in [2.75, 3.05) is 23.8 Å². The van der Waals surface area contributed by atoms with E-state index < -0.39 is 6.03 Å². The van der Waals surface area contributed by atoms with Gasteiger partial charge in [-0.25, -0.2) is 9.48 Å². The number of phenolic OH excluding ortho intramolecular Hbond substituents is 1. The number of aromatic hydroxyl groups is 1. The number of nitrogens with zero attached hydrogens (tertiary/aromatic N) is 3. The van der Waals surface area contributed by atoms with Gasteiger partial charge in [0.1, 0.15) is 23.1 Å². The van der Waals surface area contributed by atoms with E-state index in [9.17, 15) is 9.90 Å². The Balaban J connectivity index is 1.33. The number of amides is 2. The molecule has 1 aliphatic rings. The quantitative estimate of drug-likeness (QED) is 0.335. The standard InChI is InChI=1S/C25H22ClN5O4/c1-25(14-34-15-25)22-13-23(31(30-22)17-4-7-21(32)20(26)12-17)29-24(33)28-16-2-5-18(6-3-16)35-19-8-10-27-11-9-19/h2-13,32H,14-15H2,1H3,(H2,28,29,33). The first-order valence-corrected chi connectivity index (χ1v) is 11.2. The summed E-state index contributed by atoms with van der Waals surface area (Å²) in [6.45, 7) is 3.13. The van der Waals surface area contributed by atoms with Crippen LogP contribution in [0.4, 0.5) is 16.3 Å². The van der Waals surface area contributed by atoms with Crippen molar-refractivity contribution in [1.82, 2.24) is 14.8 Å². The van der Waals surface area contributed by atoms with Gasteiger partial charge in [0.05, 0.1) is 35.0 Å². The first-order chi connectivity index (χ1) is 16.9. The molecule has 9 nitrogen and oxygen atoms in total. The van der Waals surface area contributed by atoms with Crippen molar-refractivity contribution < 1.29 is 19.4 Å². The number of benzene rings is 2. The Morgan fingerprint density at radius 3 is 2.43 bits per heavy atom. The van der Waals surface area contributed by atoms with Crippen LogP contribution in [0.5, 0.6) is 17.2 Å². The fourth-order valence-corrected chi connectivity index (χ4v) is 3.75. The fraction of sp³-hybridized carbons (Fsp3) is 0.160. The number of pyridine rings is 1. The minimum atomic E-state index is -0.444.